The van der Waals surface area contributed by atoms with Gasteiger partial charge >= 0.3 is 0 Å². The van der Waals surface area contributed by atoms with Gasteiger partial charge < -0.3 is 10.4 Å². The number of hydrogen-bond donors (Lipinski definition) is 2. The maximum atomic E-state index is 13.3. The van der Waals surface area contributed by atoms with Crippen molar-refractivity contribution in [3.05, 3.63) is 65.0 Å². The summed E-state index contributed by atoms with van der Waals surface area (Å²) in [6, 6.07) is 13.2. The molecular formula is C17H20FNO. The van der Waals surface area contributed by atoms with E-state index in [1.165, 1.54) is 23.3 Å². The molecule has 20 heavy (non-hydrogen) atoms. The monoisotopic (exact) mass is 273 g/mol. The molecule has 0 bridgehead atoms. The van der Waals surface area contributed by atoms with Crippen LogP contribution in [0, 0.1) is 12.7 Å². The van der Waals surface area contributed by atoms with Crippen LogP contribution in [0.4, 0.5) is 4.39 Å². The van der Waals surface area contributed by atoms with Gasteiger partial charge in [-0.3, -0.25) is 0 Å². The molecule has 0 aliphatic rings. The molecule has 1 atom stereocenters. The molecule has 2 aromatic rings. The molecule has 0 saturated carbocycles. The molecule has 3 heteroatoms. The van der Waals surface area contributed by atoms with Gasteiger partial charge in [-0.15, -0.1) is 0 Å². The van der Waals surface area contributed by atoms with E-state index in [1.807, 2.05) is 0 Å². The van der Waals surface area contributed by atoms with E-state index >= 15 is 0 Å². The molecule has 0 saturated heterocycles. The first-order valence-corrected chi connectivity index (χ1v) is 6.87. The summed E-state index contributed by atoms with van der Waals surface area (Å²) in [5, 5.41) is 12.6. The summed E-state index contributed by atoms with van der Waals surface area (Å²) in [5.74, 6) is -0.882. The van der Waals surface area contributed by atoms with Crippen molar-refractivity contribution in [2.24, 2.45) is 0 Å². The van der Waals surface area contributed by atoms with Crippen molar-refractivity contribution in [2.75, 3.05) is 0 Å². The first-order chi connectivity index (χ1) is 9.60. The Bertz CT molecular complexity index is 566. The van der Waals surface area contributed by atoms with Crippen molar-refractivity contribution in [3.8, 4) is 5.75 Å². The Morgan fingerprint density at radius 2 is 1.85 bits per heavy atom. The number of phenols is 1. The third-order valence-electron chi connectivity index (χ3n) is 3.45. The van der Waals surface area contributed by atoms with E-state index < -0.39 is 5.82 Å². The van der Waals surface area contributed by atoms with Crippen molar-refractivity contribution in [2.45, 2.75) is 32.9 Å². The normalized spacial score (nSPS) is 12.3. The maximum absolute atomic E-state index is 13.3. The van der Waals surface area contributed by atoms with Gasteiger partial charge in [0, 0.05) is 12.6 Å². The summed E-state index contributed by atoms with van der Waals surface area (Å²) in [4.78, 5) is 0. The zero-order valence-corrected chi connectivity index (χ0v) is 11.9. The van der Waals surface area contributed by atoms with Crippen LogP contribution in [-0.2, 0) is 6.54 Å². The maximum Gasteiger partial charge on any atom is 0.165 e. The highest BCUT2D eigenvalue weighted by Gasteiger charge is 2.09. The van der Waals surface area contributed by atoms with E-state index in [9.17, 15) is 9.50 Å². The third-order valence-corrected chi connectivity index (χ3v) is 3.45. The van der Waals surface area contributed by atoms with Gasteiger partial charge in [0.15, 0.2) is 11.6 Å². The molecule has 0 radical (unpaired) electrons. The average molecular weight is 273 g/mol. The fraction of sp³-hybridized carbons (Fsp3) is 0.294. The lowest BCUT2D eigenvalue weighted by molar-refractivity contribution is 0.431. The molecule has 106 valence electrons. The number of phenolic OH excluding ortho intramolecular Hbond substituents is 1. The van der Waals surface area contributed by atoms with Gasteiger partial charge in [-0.25, -0.2) is 4.39 Å². The van der Waals surface area contributed by atoms with E-state index in [1.54, 1.807) is 6.07 Å². The number of halogens is 1. The zero-order valence-electron chi connectivity index (χ0n) is 11.9. The predicted molar refractivity (Wildman–Crippen MR) is 79.1 cm³/mol. The summed E-state index contributed by atoms with van der Waals surface area (Å²) >= 11 is 0. The van der Waals surface area contributed by atoms with E-state index in [0.29, 0.717) is 6.54 Å². The van der Waals surface area contributed by atoms with Crippen molar-refractivity contribution >= 4 is 0 Å². The lowest BCUT2D eigenvalue weighted by Crippen LogP contribution is -2.20. The molecular weight excluding hydrogens is 253 g/mol. The van der Waals surface area contributed by atoms with Crippen LogP contribution in [0.15, 0.2) is 42.5 Å². The van der Waals surface area contributed by atoms with Gasteiger partial charge in [0.25, 0.3) is 0 Å². The van der Waals surface area contributed by atoms with Crippen molar-refractivity contribution in [3.63, 3.8) is 0 Å². The minimum atomic E-state index is -0.576. The van der Waals surface area contributed by atoms with Gasteiger partial charge in [0.1, 0.15) is 0 Å². The highest BCUT2D eigenvalue weighted by Crippen LogP contribution is 2.20. The van der Waals surface area contributed by atoms with Crippen LogP contribution in [-0.4, -0.2) is 5.11 Å². The number of benzene rings is 2. The quantitative estimate of drug-likeness (QED) is 0.860. The van der Waals surface area contributed by atoms with Gasteiger partial charge in [0.2, 0.25) is 0 Å². The van der Waals surface area contributed by atoms with E-state index in [-0.39, 0.29) is 11.8 Å². The number of nitrogens with one attached hydrogen (secondary N) is 1. The average Bonchev–Trinajstić information content (AvgIpc) is 2.45. The second kappa shape index (κ2) is 6.53. The van der Waals surface area contributed by atoms with Crippen molar-refractivity contribution in [1.29, 1.82) is 0 Å². The van der Waals surface area contributed by atoms with Crippen LogP contribution >= 0.6 is 0 Å². The molecule has 0 spiro atoms. The van der Waals surface area contributed by atoms with Gasteiger partial charge in [-0.2, -0.15) is 0 Å². The largest absolute Gasteiger partial charge is 0.505 e. The number of aromatic hydroxyl groups is 1. The predicted octanol–water partition coefficient (Wildman–Crippen LogP) is 4.08. The second-order valence-electron chi connectivity index (χ2n) is 5.04. The summed E-state index contributed by atoms with van der Waals surface area (Å²) in [5.41, 5.74) is 3.30. The van der Waals surface area contributed by atoms with Crippen molar-refractivity contribution < 1.29 is 9.50 Å². The minimum Gasteiger partial charge on any atom is -0.505 e. The first kappa shape index (κ1) is 14.5. The van der Waals surface area contributed by atoms with Gasteiger partial charge in [-0.05, 0) is 36.6 Å². The van der Waals surface area contributed by atoms with Crippen LogP contribution in [0.1, 0.15) is 36.1 Å². The Kier molecular flexibility index (Phi) is 4.74. The van der Waals surface area contributed by atoms with E-state index in [2.05, 4.69) is 43.4 Å². The second-order valence-corrected chi connectivity index (χ2v) is 5.04. The van der Waals surface area contributed by atoms with E-state index in [4.69, 9.17) is 0 Å². The van der Waals surface area contributed by atoms with Crippen LogP contribution in [0.5, 0.6) is 5.75 Å². The zero-order chi connectivity index (χ0) is 14.5. The fourth-order valence-electron chi connectivity index (χ4n) is 2.20. The summed E-state index contributed by atoms with van der Waals surface area (Å²) < 4.78 is 13.3. The summed E-state index contributed by atoms with van der Waals surface area (Å²) in [6.07, 6.45) is 0.962. The molecule has 0 fully saturated rings. The number of rotatable bonds is 5. The standard InChI is InChI=1S/C17H20FNO/c1-3-16(14-7-4-12(2)5-8-14)19-11-13-6-9-17(20)15(18)10-13/h4-10,16,19-20H,3,11H2,1-2H3. The summed E-state index contributed by atoms with van der Waals surface area (Å²) in [7, 11) is 0. The SMILES string of the molecule is CCC(NCc1ccc(O)c(F)c1)c1ccc(C)cc1. The Labute approximate surface area is 119 Å². The molecule has 2 aromatic carbocycles. The molecule has 2 nitrogen and oxygen atoms in total. The number of aryl methyl sites for hydroxylation is 1. The summed E-state index contributed by atoms with van der Waals surface area (Å²) in [6.45, 7) is 4.76. The molecule has 0 aliphatic heterocycles. The third kappa shape index (κ3) is 3.58. The smallest absolute Gasteiger partial charge is 0.165 e. The Morgan fingerprint density at radius 3 is 2.45 bits per heavy atom. The molecule has 0 amide bonds. The highest BCUT2D eigenvalue weighted by molar-refractivity contribution is 5.28. The minimum absolute atomic E-state index is 0.243. The lowest BCUT2D eigenvalue weighted by atomic mass is 10.0. The molecule has 0 aliphatic carbocycles. The topological polar surface area (TPSA) is 32.3 Å². The molecule has 0 aromatic heterocycles. The Hall–Kier alpha value is -1.87. The van der Waals surface area contributed by atoms with Gasteiger partial charge in [0.05, 0.1) is 0 Å². The van der Waals surface area contributed by atoms with Crippen LogP contribution in [0.25, 0.3) is 0 Å². The molecule has 2 N–H and O–H groups in total. The highest BCUT2D eigenvalue weighted by atomic mass is 19.1. The fourth-order valence-corrected chi connectivity index (χ4v) is 2.20. The molecule has 0 heterocycles. The molecule has 2 rings (SSSR count). The Morgan fingerprint density at radius 1 is 1.15 bits per heavy atom. The molecule has 1 unspecified atom stereocenters. The lowest BCUT2D eigenvalue weighted by Gasteiger charge is -2.18. The van der Waals surface area contributed by atoms with Crippen LogP contribution < -0.4 is 5.32 Å². The van der Waals surface area contributed by atoms with Gasteiger partial charge in [-0.1, -0.05) is 42.8 Å². The first-order valence-electron chi connectivity index (χ1n) is 6.87. The van der Waals surface area contributed by atoms with Crippen molar-refractivity contribution in [1.82, 2.24) is 5.32 Å². The van der Waals surface area contributed by atoms with Crippen LogP contribution in [0.2, 0.25) is 0 Å². The Balaban J connectivity index is 2.03. The van der Waals surface area contributed by atoms with E-state index in [0.717, 1.165) is 12.0 Å². The number of hydrogen-bond acceptors (Lipinski definition) is 2. The van der Waals surface area contributed by atoms with Crippen LogP contribution in [0.3, 0.4) is 0 Å².